The van der Waals surface area contributed by atoms with E-state index in [1.165, 1.54) is 67.2 Å². The van der Waals surface area contributed by atoms with Gasteiger partial charge in [-0.25, -0.2) is 0 Å². The molecule has 0 radical (unpaired) electrons. The zero-order chi connectivity index (χ0) is 21.5. The molecule has 0 amide bonds. The number of rotatable bonds is 2. The van der Waals surface area contributed by atoms with Crippen molar-refractivity contribution < 1.29 is 8.97 Å². The minimum atomic E-state index is 0.648. The molecule has 31 heavy (non-hydrogen) atoms. The summed E-state index contributed by atoms with van der Waals surface area (Å²) in [6, 6.07) is 1.96. The average molecular weight is 429 g/mol. The first kappa shape index (κ1) is 21.5. The Balaban J connectivity index is 1.21. The molecule has 2 nitrogen and oxygen atoms in total. The second kappa shape index (κ2) is 7.21. The maximum absolute atomic E-state index is 2.79. The van der Waals surface area contributed by atoms with Gasteiger partial charge >= 0.3 is 0 Å². The largest absolute Gasteiger partial charge is 0.324 e. The van der Waals surface area contributed by atoms with Gasteiger partial charge in [0.25, 0.3) is 0 Å². The first-order valence-corrected chi connectivity index (χ1v) is 14.5. The molecule has 0 aromatic carbocycles. The van der Waals surface area contributed by atoms with Crippen molar-refractivity contribution in [2.24, 2.45) is 34.5 Å². The van der Waals surface area contributed by atoms with Crippen molar-refractivity contribution in [3.8, 4) is 0 Å². The first-order valence-electron chi connectivity index (χ1n) is 14.5. The summed E-state index contributed by atoms with van der Waals surface area (Å²) in [5, 5.41) is 0. The van der Waals surface area contributed by atoms with E-state index in [2.05, 4.69) is 27.9 Å². The lowest BCUT2D eigenvalue weighted by molar-refractivity contribution is -0.928. The van der Waals surface area contributed by atoms with Gasteiger partial charge in [-0.1, -0.05) is 13.8 Å². The molecule has 0 N–H and O–H groups in total. The Labute approximate surface area is 193 Å². The van der Waals surface area contributed by atoms with E-state index in [1.807, 2.05) is 0 Å². The van der Waals surface area contributed by atoms with Crippen LogP contribution in [0.1, 0.15) is 97.3 Å². The summed E-state index contributed by atoms with van der Waals surface area (Å²) in [6.07, 6.45) is 20.0. The van der Waals surface area contributed by atoms with Crippen molar-refractivity contribution in [1.82, 2.24) is 0 Å². The SMILES string of the molecule is CC12CCC([N+]3(C)CCCC3)CC1CCC1C2CCC2(C)C1CCC2[N+]1(C)CCCC1. The summed E-state index contributed by atoms with van der Waals surface area (Å²) >= 11 is 0. The molecule has 6 aliphatic rings. The fourth-order valence-electron chi connectivity index (χ4n) is 11.6. The molecule has 0 aromatic rings. The van der Waals surface area contributed by atoms with E-state index in [9.17, 15) is 0 Å². The molecule has 4 aliphatic carbocycles. The molecule has 2 saturated heterocycles. The molecule has 0 aromatic heterocycles. The van der Waals surface area contributed by atoms with Crippen LogP contribution in [-0.4, -0.2) is 61.3 Å². The number of hydrogen-bond donors (Lipinski definition) is 0. The number of fused-ring (bicyclic) bond motifs is 5. The predicted molar refractivity (Wildman–Crippen MR) is 130 cm³/mol. The minimum absolute atomic E-state index is 0.648. The number of nitrogens with zero attached hydrogens (tertiary/aromatic N) is 2. The highest BCUT2D eigenvalue weighted by Crippen LogP contribution is 2.67. The van der Waals surface area contributed by atoms with Crippen molar-refractivity contribution in [3.63, 3.8) is 0 Å². The van der Waals surface area contributed by atoms with Crippen LogP contribution in [0.15, 0.2) is 0 Å². The Morgan fingerprint density at radius 2 is 1.23 bits per heavy atom. The molecule has 2 heterocycles. The lowest BCUT2D eigenvalue weighted by atomic mass is 9.44. The predicted octanol–water partition coefficient (Wildman–Crippen LogP) is 6.25. The highest BCUT2D eigenvalue weighted by Gasteiger charge is 2.64. The van der Waals surface area contributed by atoms with Gasteiger partial charge in [0.05, 0.1) is 52.4 Å². The van der Waals surface area contributed by atoms with Crippen LogP contribution in [-0.2, 0) is 0 Å². The summed E-state index contributed by atoms with van der Waals surface area (Å²) in [5.41, 5.74) is 1.32. The Kier molecular flexibility index (Phi) is 4.99. The van der Waals surface area contributed by atoms with Gasteiger partial charge in [-0.15, -0.1) is 0 Å². The molecular formula is C29H52N2+2. The molecule has 176 valence electrons. The quantitative estimate of drug-likeness (QED) is 0.456. The van der Waals surface area contributed by atoms with Gasteiger partial charge in [-0.3, -0.25) is 0 Å². The van der Waals surface area contributed by atoms with E-state index >= 15 is 0 Å². The Morgan fingerprint density at radius 3 is 1.94 bits per heavy atom. The van der Waals surface area contributed by atoms with E-state index in [1.54, 1.807) is 51.4 Å². The third-order valence-corrected chi connectivity index (χ3v) is 13.4. The average Bonchev–Trinajstić information content (AvgIpc) is 3.46. The summed E-state index contributed by atoms with van der Waals surface area (Å²) < 4.78 is 2.86. The zero-order valence-electron chi connectivity index (χ0n) is 21.4. The van der Waals surface area contributed by atoms with E-state index < -0.39 is 0 Å². The highest BCUT2D eigenvalue weighted by atomic mass is 15.4. The molecule has 6 rings (SSSR count). The Bertz CT molecular complexity index is 689. The molecule has 2 heteroatoms. The van der Waals surface area contributed by atoms with Crippen LogP contribution in [0.2, 0.25) is 0 Å². The number of quaternary nitrogens is 2. The van der Waals surface area contributed by atoms with Crippen LogP contribution in [0.5, 0.6) is 0 Å². The second-order valence-corrected chi connectivity index (χ2v) is 14.5. The highest BCUT2D eigenvalue weighted by molar-refractivity contribution is 5.10. The first-order chi connectivity index (χ1) is 14.8. The number of hydrogen-bond acceptors (Lipinski definition) is 0. The normalized spacial score (nSPS) is 53.0. The summed E-state index contributed by atoms with van der Waals surface area (Å²) in [4.78, 5) is 0. The van der Waals surface area contributed by atoms with Gasteiger partial charge in [-0.05, 0) is 74.0 Å². The Morgan fingerprint density at radius 1 is 0.613 bits per heavy atom. The van der Waals surface area contributed by atoms with Crippen molar-refractivity contribution in [1.29, 1.82) is 0 Å². The van der Waals surface area contributed by atoms with E-state index in [-0.39, 0.29) is 0 Å². The van der Waals surface area contributed by atoms with Crippen LogP contribution < -0.4 is 0 Å². The van der Waals surface area contributed by atoms with Gasteiger partial charge in [-0.2, -0.15) is 0 Å². The van der Waals surface area contributed by atoms with E-state index in [4.69, 9.17) is 0 Å². The third-order valence-electron chi connectivity index (χ3n) is 13.4. The summed E-state index contributed by atoms with van der Waals surface area (Å²) in [6.45, 7) is 11.5. The van der Waals surface area contributed by atoms with Crippen LogP contribution in [0.3, 0.4) is 0 Å². The molecule has 0 bridgehead atoms. The van der Waals surface area contributed by atoms with Crippen LogP contribution in [0, 0.1) is 34.5 Å². The fourth-order valence-corrected chi connectivity index (χ4v) is 11.6. The lowest BCUT2D eigenvalue weighted by Gasteiger charge is -2.62. The smallest absolute Gasteiger partial charge is 0.0945 e. The van der Waals surface area contributed by atoms with Crippen LogP contribution in [0.4, 0.5) is 0 Å². The monoisotopic (exact) mass is 428 g/mol. The Hall–Kier alpha value is -0.0800. The maximum Gasteiger partial charge on any atom is 0.0945 e. The van der Waals surface area contributed by atoms with Crippen molar-refractivity contribution in [2.75, 3.05) is 40.3 Å². The standard InChI is InChI=1S/C29H52N2/c1-28-15-13-23(30(3)17-5-6-18-30)21-22(28)9-10-24-25-11-12-27(31(4)19-7-8-20-31)29(25,2)16-14-26(24)28/h22-27H,5-21H2,1-4H3/q+2. The molecule has 8 unspecified atom stereocenters. The maximum atomic E-state index is 2.79. The van der Waals surface area contributed by atoms with Gasteiger partial charge in [0.1, 0.15) is 0 Å². The van der Waals surface area contributed by atoms with Crippen LogP contribution in [0.25, 0.3) is 0 Å². The molecule has 4 saturated carbocycles. The second-order valence-electron chi connectivity index (χ2n) is 14.5. The van der Waals surface area contributed by atoms with Gasteiger partial charge in [0.2, 0.25) is 0 Å². The molecule has 2 aliphatic heterocycles. The van der Waals surface area contributed by atoms with Gasteiger partial charge in [0, 0.05) is 43.9 Å². The van der Waals surface area contributed by atoms with Crippen molar-refractivity contribution in [2.45, 2.75) is 109 Å². The summed E-state index contributed by atoms with van der Waals surface area (Å²) in [7, 11) is 5.25. The van der Waals surface area contributed by atoms with Crippen molar-refractivity contribution >= 4 is 0 Å². The third kappa shape index (κ3) is 3.02. The molecule has 6 fully saturated rings. The zero-order valence-corrected chi connectivity index (χ0v) is 21.4. The van der Waals surface area contributed by atoms with Gasteiger partial charge < -0.3 is 8.97 Å². The fraction of sp³-hybridized carbons (Fsp3) is 1.00. The molecule has 0 spiro atoms. The topological polar surface area (TPSA) is 0 Å². The van der Waals surface area contributed by atoms with E-state index in [0.717, 1.165) is 35.8 Å². The number of likely N-dealkylation sites (tertiary alicyclic amines) is 2. The molecule has 8 atom stereocenters. The van der Waals surface area contributed by atoms with Gasteiger partial charge in [0.15, 0.2) is 0 Å². The molecular weight excluding hydrogens is 376 g/mol. The van der Waals surface area contributed by atoms with E-state index in [0.29, 0.717) is 10.8 Å². The lowest BCUT2D eigenvalue weighted by Crippen LogP contribution is -2.61. The minimum Gasteiger partial charge on any atom is -0.324 e. The van der Waals surface area contributed by atoms with Crippen LogP contribution >= 0.6 is 0 Å². The summed E-state index contributed by atoms with van der Waals surface area (Å²) in [5.74, 6) is 4.20. The van der Waals surface area contributed by atoms with Crippen molar-refractivity contribution in [3.05, 3.63) is 0 Å².